The number of fused-ring (bicyclic) bond motifs is 3. The van der Waals surface area contributed by atoms with E-state index >= 15 is 0 Å². The van der Waals surface area contributed by atoms with Gasteiger partial charge in [-0.2, -0.15) is 0 Å². The maximum atomic E-state index is 2.44. The number of rotatable bonds is 0. The lowest BCUT2D eigenvalue weighted by Crippen LogP contribution is -1.89. The average molecular weight is 194 g/mol. The van der Waals surface area contributed by atoms with Gasteiger partial charge in [0.25, 0.3) is 0 Å². The molecule has 0 N–H and O–H groups in total. The van der Waals surface area contributed by atoms with Crippen molar-refractivity contribution in [2.75, 3.05) is 0 Å². The fourth-order valence-corrected chi connectivity index (χ4v) is 2.16. The van der Waals surface area contributed by atoms with Crippen LogP contribution in [0.2, 0.25) is 0 Å². The second kappa shape index (κ2) is 3.08. The van der Waals surface area contributed by atoms with Gasteiger partial charge in [0.15, 0.2) is 0 Å². The van der Waals surface area contributed by atoms with Crippen LogP contribution >= 0.6 is 12.4 Å². The second-order valence-corrected chi connectivity index (χ2v) is 3.45. The van der Waals surface area contributed by atoms with E-state index in [0.29, 0.717) is 0 Å². The summed E-state index contributed by atoms with van der Waals surface area (Å²) in [6, 6.07) is 11.0. The van der Waals surface area contributed by atoms with Gasteiger partial charge in [-0.3, -0.25) is 0 Å². The number of hydrogen-bond donors (Lipinski definition) is 0. The summed E-state index contributed by atoms with van der Waals surface area (Å²) in [5, 5.41) is 1.40. The smallest absolute Gasteiger partial charge is 0.0482 e. The number of para-hydroxylation sites is 1. The van der Waals surface area contributed by atoms with Crippen LogP contribution in [0.4, 0.5) is 0 Å². The monoisotopic (exact) mass is 193 g/mol. The molecule has 13 heavy (non-hydrogen) atoms. The summed E-state index contributed by atoms with van der Waals surface area (Å²) in [5.74, 6) is 0. The Morgan fingerprint density at radius 3 is 2.92 bits per heavy atom. The Kier molecular flexibility index (Phi) is 2.04. The quantitative estimate of drug-likeness (QED) is 0.606. The normalized spacial score (nSPS) is 14.2. The third kappa shape index (κ3) is 1.15. The van der Waals surface area contributed by atoms with Gasteiger partial charge in [-0.25, -0.2) is 0 Å². The van der Waals surface area contributed by atoms with Crippen molar-refractivity contribution in [3.63, 3.8) is 0 Å². The van der Waals surface area contributed by atoms with E-state index in [1.165, 1.54) is 36.0 Å². The molecule has 0 unspecified atom stereocenters. The highest BCUT2D eigenvalue weighted by molar-refractivity contribution is 5.85. The standard InChI is InChI=1S/C11H11N.ClH/c1-2-6-11-9(4-1)8-10-5-3-7-12(10)11;/h1-2,4,6,8H,3,5,7H2;1H. The number of aryl methyl sites for hydroxylation is 2. The van der Waals surface area contributed by atoms with Gasteiger partial charge in [0.05, 0.1) is 0 Å². The third-order valence-corrected chi connectivity index (χ3v) is 2.71. The van der Waals surface area contributed by atoms with Crippen molar-refractivity contribution in [1.82, 2.24) is 4.57 Å². The molecule has 0 atom stereocenters. The molecule has 1 aliphatic heterocycles. The molecular weight excluding hydrogens is 182 g/mol. The summed E-state index contributed by atoms with van der Waals surface area (Å²) >= 11 is 0. The maximum Gasteiger partial charge on any atom is 0.0482 e. The molecule has 0 amide bonds. The number of aromatic nitrogens is 1. The van der Waals surface area contributed by atoms with Gasteiger partial charge in [0.2, 0.25) is 0 Å². The fourth-order valence-electron chi connectivity index (χ4n) is 2.16. The molecular formula is C11H12ClN. The molecule has 1 aromatic heterocycles. The SMILES string of the molecule is Cl.c1ccc2c(c1)cc1n2CCC1. The average Bonchev–Trinajstić information content (AvgIpc) is 2.62. The van der Waals surface area contributed by atoms with Crippen LogP contribution in [0.5, 0.6) is 0 Å². The van der Waals surface area contributed by atoms with Gasteiger partial charge in [0.1, 0.15) is 0 Å². The first kappa shape index (κ1) is 8.64. The van der Waals surface area contributed by atoms with E-state index in [9.17, 15) is 0 Å². The molecule has 0 bridgehead atoms. The molecule has 0 fully saturated rings. The van der Waals surface area contributed by atoms with Crippen LogP contribution in [0.1, 0.15) is 12.1 Å². The van der Waals surface area contributed by atoms with E-state index in [0.717, 1.165) is 0 Å². The van der Waals surface area contributed by atoms with Gasteiger partial charge in [-0.15, -0.1) is 12.4 Å². The van der Waals surface area contributed by atoms with Crippen molar-refractivity contribution < 1.29 is 0 Å². The second-order valence-electron chi connectivity index (χ2n) is 3.45. The largest absolute Gasteiger partial charge is 0.345 e. The van der Waals surface area contributed by atoms with Crippen LogP contribution in [0.15, 0.2) is 30.3 Å². The molecule has 0 saturated heterocycles. The Morgan fingerprint density at radius 2 is 2.00 bits per heavy atom. The van der Waals surface area contributed by atoms with E-state index in [1.54, 1.807) is 0 Å². The van der Waals surface area contributed by atoms with E-state index in [1.807, 2.05) is 0 Å². The topological polar surface area (TPSA) is 4.93 Å². The van der Waals surface area contributed by atoms with Crippen molar-refractivity contribution in [3.8, 4) is 0 Å². The molecule has 1 aliphatic rings. The summed E-state index contributed by atoms with van der Waals surface area (Å²) in [5.41, 5.74) is 2.92. The van der Waals surface area contributed by atoms with Crippen LogP contribution in [-0.2, 0) is 13.0 Å². The van der Waals surface area contributed by atoms with Gasteiger partial charge < -0.3 is 4.57 Å². The number of nitrogens with zero attached hydrogens (tertiary/aromatic N) is 1. The molecule has 2 heteroatoms. The predicted molar refractivity (Wildman–Crippen MR) is 57.5 cm³/mol. The van der Waals surface area contributed by atoms with Crippen molar-refractivity contribution >= 4 is 23.3 Å². The Balaban J connectivity index is 0.000000653. The van der Waals surface area contributed by atoms with E-state index in [2.05, 4.69) is 34.9 Å². The molecule has 0 radical (unpaired) electrons. The summed E-state index contributed by atoms with van der Waals surface area (Å²) in [6.45, 7) is 1.21. The molecule has 1 nitrogen and oxygen atoms in total. The molecule has 68 valence electrons. The molecule has 3 rings (SSSR count). The van der Waals surface area contributed by atoms with Crippen molar-refractivity contribution in [2.45, 2.75) is 19.4 Å². The number of hydrogen-bond acceptors (Lipinski definition) is 0. The van der Waals surface area contributed by atoms with Crippen LogP contribution in [0.3, 0.4) is 0 Å². The van der Waals surface area contributed by atoms with Crippen molar-refractivity contribution in [3.05, 3.63) is 36.0 Å². The van der Waals surface area contributed by atoms with Crippen LogP contribution in [0.25, 0.3) is 10.9 Å². The summed E-state index contributed by atoms with van der Waals surface area (Å²) < 4.78 is 2.44. The minimum atomic E-state index is 0. The Bertz CT molecular complexity index is 431. The lowest BCUT2D eigenvalue weighted by atomic mass is 10.2. The Morgan fingerprint density at radius 1 is 1.15 bits per heavy atom. The Labute approximate surface area is 83.8 Å². The highest BCUT2D eigenvalue weighted by atomic mass is 35.5. The minimum Gasteiger partial charge on any atom is -0.345 e. The van der Waals surface area contributed by atoms with Crippen molar-refractivity contribution in [1.29, 1.82) is 0 Å². The first-order valence-electron chi connectivity index (χ1n) is 4.52. The highest BCUT2D eigenvalue weighted by Gasteiger charge is 2.12. The molecule has 0 aliphatic carbocycles. The lowest BCUT2D eigenvalue weighted by Gasteiger charge is -1.97. The molecule has 0 spiro atoms. The van der Waals surface area contributed by atoms with Gasteiger partial charge in [0, 0.05) is 17.8 Å². The Hall–Kier alpha value is -0.950. The molecule has 2 aromatic rings. The van der Waals surface area contributed by atoms with E-state index in [4.69, 9.17) is 0 Å². The van der Waals surface area contributed by atoms with Crippen LogP contribution < -0.4 is 0 Å². The van der Waals surface area contributed by atoms with Crippen LogP contribution in [-0.4, -0.2) is 4.57 Å². The zero-order valence-electron chi connectivity index (χ0n) is 7.36. The minimum absolute atomic E-state index is 0. The summed E-state index contributed by atoms with van der Waals surface area (Å²) in [6.07, 6.45) is 2.58. The lowest BCUT2D eigenvalue weighted by molar-refractivity contribution is 0.772. The zero-order chi connectivity index (χ0) is 7.97. The van der Waals surface area contributed by atoms with Gasteiger partial charge in [-0.1, -0.05) is 18.2 Å². The number of halogens is 1. The fraction of sp³-hybridized carbons (Fsp3) is 0.273. The van der Waals surface area contributed by atoms with Gasteiger partial charge >= 0.3 is 0 Å². The van der Waals surface area contributed by atoms with Crippen molar-refractivity contribution in [2.24, 2.45) is 0 Å². The first-order chi connectivity index (χ1) is 5.95. The van der Waals surface area contributed by atoms with Gasteiger partial charge in [-0.05, 0) is 30.4 Å². The molecule has 1 aromatic carbocycles. The third-order valence-electron chi connectivity index (χ3n) is 2.71. The predicted octanol–water partition coefficient (Wildman–Crippen LogP) is 3.01. The summed E-state index contributed by atoms with van der Waals surface area (Å²) in [7, 11) is 0. The first-order valence-corrected chi connectivity index (χ1v) is 4.52. The highest BCUT2D eigenvalue weighted by Crippen LogP contribution is 2.25. The van der Waals surface area contributed by atoms with E-state index in [-0.39, 0.29) is 12.4 Å². The summed E-state index contributed by atoms with van der Waals surface area (Å²) in [4.78, 5) is 0. The molecule has 2 heterocycles. The van der Waals surface area contributed by atoms with E-state index < -0.39 is 0 Å². The maximum absolute atomic E-state index is 2.44. The number of benzene rings is 1. The zero-order valence-corrected chi connectivity index (χ0v) is 8.18. The van der Waals surface area contributed by atoms with Crippen LogP contribution in [0, 0.1) is 0 Å². The molecule has 0 saturated carbocycles.